The van der Waals surface area contributed by atoms with Crippen LogP contribution in [0.15, 0.2) is 55.1 Å². The molecule has 7 rings (SSSR count). The van der Waals surface area contributed by atoms with Gasteiger partial charge in [-0.15, -0.1) is 6.58 Å². The Labute approximate surface area is 262 Å². The van der Waals surface area contributed by atoms with Crippen molar-refractivity contribution in [3.8, 4) is 11.5 Å². The van der Waals surface area contributed by atoms with Crippen LogP contribution in [0.3, 0.4) is 0 Å². The van der Waals surface area contributed by atoms with Crippen molar-refractivity contribution in [3.63, 3.8) is 0 Å². The molecule has 240 valence electrons. The number of nitrogens with zero attached hydrogens (tertiary/aromatic N) is 2. The van der Waals surface area contributed by atoms with Gasteiger partial charge in [0.05, 0.1) is 22.6 Å². The summed E-state index contributed by atoms with van der Waals surface area (Å²) in [5.41, 5.74) is -0.423. The van der Waals surface area contributed by atoms with Gasteiger partial charge >= 0.3 is 6.18 Å². The lowest BCUT2D eigenvalue weighted by Gasteiger charge is -2.64. The number of ether oxygens (including phenoxy) is 1. The number of phenolic OH excluding ortho intramolecular Hbond substituents is 1. The monoisotopic (exact) mass is 622 g/mol. The summed E-state index contributed by atoms with van der Waals surface area (Å²) in [5.74, 6) is 0.498. The molecule has 2 heterocycles. The fourth-order valence-corrected chi connectivity index (χ4v) is 9.43. The SMILES string of the molecule is C=CCN1CC[C@]23c4c5ccc(O)c4OC2C(N(CC2CCCCC2)C(=O)C=Cc2cccc(C(F)(F)F)c2)CC[C@@]3(O)[C@H]1C5. The number of piperidine rings is 1. The number of amides is 1. The van der Waals surface area contributed by atoms with E-state index in [1.54, 1.807) is 12.1 Å². The largest absolute Gasteiger partial charge is 0.504 e. The van der Waals surface area contributed by atoms with Crippen LogP contribution in [0.25, 0.3) is 6.08 Å². The van der Waals surface area contributed by atoms with Crippen LogP contribution in [0.5, 0.6) is 11.5 Å². The molecular formula is C36H41F3N2O4. The summed E-state index contributed by atoms with van der Waals surface area (Å²) in [7, 11) is 0. The van der Waals surface area contributed by atoms with Gasteiger partial charge in [-0.05, 0) is 86.4 Å². The lowest BCUT2D eigenvalue weighted by molar-refractivity contribution is -0.200. The highest BCUT2D eigenvalue weighted by Gasteiger charge is 2.73. The first-order valence-electron chi connectivity index (χ1n) is 16.3. The first kappa shape index (κ1) is 30.4. The molecule has 1 spiro atoms. The van der Waals surface area contributed by atoms with E-state index in [0.29, 0.717) is 56.0 Å². The van der Waals surface area contributed by atoms with Crippen molar-refractivity contribution in [2.24, 2.45) is 5.92 Å². The Bertz CT molecular complexity index is 1520. The van der Waals surface area contributed by atoms with Crippen molar-refractivity contribution >= 4 is 12.0 Å². The summed E-state index contributed by atoms with van der Waals surface area (Å²) in [6, 6.07) is 8.06. The number of hydrogen-bond donors (Lipinski definition) is 2. The quantitative estimate of drug-likeness (QED) is 0.283. The highest BCUT2D eigenvalue weighted by atomic mass is 19.4. The lowest BCUT2D eigenvalue weighted by Crippen LogP contribution is -2.78. The van der Waals surface area contributed by atoms with Crippen LogP contribution in [0.4, 0.5) is 13.2 Å². The molecule has 5 aliphatic rings. The normalized spacial score (nSPS) is 31.0. The van der Waals surface area contributed by atoms with Crippen LogP contribution < -0.4 is 4.74 Å². The highest BCUT2D eigenvalue weighted by Crippen LogP contribution is 2.66. The molecule has 3 aliphatic carbocycles. The standard InChI is InChI=1S/C36H41F3N2O4/c1-2-18-40-19-17-34-31-25-12-13-28(42)32(31)45-33(34)27(15-16-35(34,44)29(40)21-25)41(22-24-7-4-3-5-8-24)30(43)14-11-23-9-6-10-26(20-23)36(37,38)39/h2,6,9-14,20,24,27,29,33,42,44H,1,3-5,7-8,15-19,21-22H2/t27?,29-,33?,34+,35-/m1/s1. The Balaban J connectivity index is 1.27. The zero-order chi connectivity index (χ0) is 31.6. The summed E-state index contributed by atoms with van der Waals surface area (Å²) in [5, 5.41) is 23.8. The number of phenols is 1. The minimum atomic E-state index is -4.47. The molecular weight excluding hydrogens is 581 g/mol. The van der Waals surface area contributed by atoms with Crippen molar-refractivity contribution in [3.05, 3.63) is 77.4 Å². The maximum Gasteiger partial charge on any atom is 0.416 e. The molecule has 6 nitrogen and oxygen atoms in total. The van der Waals surface area contributed by atoms with Gasteiger partial charge in [-0.1, -0.05) is 43.5 Å². The number of rotatable bonds is 7. The predicted molar refractivity (Wildman–Crippen MR) is 165 cm³/mol. The van der Waals surface area contributed by atoms with Crippen molar-refractivity contribution in [2.75, 3.05) is 19.6 Å². The minimum Gasteiger partial charge on any atom is -0.504 e. The third-order valence-corrected chi connectivity index (χ3v) is 11.4. The molecule has 1 amide bonds. The number of aliphatic hydroxyl groups is 1. The third-order valence-electron chi connectivity index (χ3n) is 11.4. The smallest absolute Gasteiger partial charge is 0.416 e. The molecule has 0 aromatic heterocycles. The number of alkyl halides is 3. The summed E-state index contributed by atoms with van der Waals surface area (Å²) in [4.78, 5) is 18.4. The van der Waals surface area contributed by atoms with Gasteiger partial charge in [-0.3, -0.25) is 9.69 Å². The average molecular weight is 623 g/mol. The van der Waals surface area contributed by atoms with Gasteiger partial charge in [0.25, 0.3) is 0 Å². The predicted octanol–water partition coefficient (Wildman–Crippen LogP) is 6.24. The molecule has 2 saturated carbocycles. The molecule has 2 unspecified atom stereocenters. The van der Waals surface area contributed by atoms with E-state index in [1.807, 2.05) is 17.0 Å². The summed E-state index contributed by atoms with van der Waals surface area (Å²) < 4.78 is 46.8. The van der Waals surface area contributed by atoms with Crippen LogP contribution in [0.2, 0.25) is 0 Å². The van der Waals surface area contributed by atoms with Crippen molar-refractivity contribution in [1.29, 1.82) is 0 Å². The van der Waals surface area contributed by atoms with Gasteiger partial charge in [-0.25, -0.2) is 0 Å². The second-order valence-corrected chi connectivity index (χ2v) is 13.7. The van der Waals surface area contributed by atoms with E-state index >= 15 is 0 Å². The molecule has 3 fully saturated rings. The van der Waals surface area contributed by atoms with Crippen LogP contribution in [0, 0.1) is 5.92 Å². The lowest BCUT2D eigenvalue weighted by atomic mass is 9.48. The molecule has 0 radical (unpaired) electrons. The first-order chi connectivity index (χ1) is 21.6. The third kappa shape index (κ3) is 4.80. The Hall–Kier alpha value is -3.30. The van der Waals surface area contributed by atoms with E-state index in [-0.39, 0.29) is 23.7 Å². The molecule has 2 aromatic rings. The number of halogens is 3. The Morgan fingerprint density at radius 2 is 1.93 bits per heavy atom. The number of benzene rings is 2. The van der Waals surface area contributed by atoms with Crippen molar-refractivity contribution in [2.45, 2.75) is 93.2 Å². The second kappa shape index (κ2) is 11.2. The zero-order valence-electron chi connectivity index (χ0n) is 25.4. The maximum atomic E-state index is 14.2. The van der Waals surface area contributed by atoms with Crippen LogP contribution in [0.1, 0.15) is 73.6 Å². The average Bonchev–Trinajstić information content (AvgIpc) is 3.38. The molecule has 9 heteroatoms. The topological polar surface area (TPSA) is 73.2 Å². The maximum absolute atomic E-state index is 14.2. The zero-order valence-corrected chi connectivity index (χ0v) is 25.4. The molecule has 2 N–H and O–H groups in total. The summed E-state index contributed by atoms with van der Waals surface area (Å²) in [6.45, 7) is 5.85. The first-order valence-corrected chi connectivity index (χ1v) is 16.3. The van der Waals surface area contributed by atoms with E-state index in [4.69, 9.17) is 4.74 Å². The summed E-state index contributed by atoms with van der Waals surface area (Å²) in [6.07, 6.45) is 7.31. The molecule has 2 aromatic carbocycles. The van der Waals surface area contributed by atoms with E-state index < -0.39 is 28.9 Å². The van der Waals surface area contributed by atoms with E-state index in [9.17, 15) is 28.2 Å². The second-order valence-electron chi connectivity index (χ2n) is 13.7. The minimum absolute atomic E-state index is 0.0418. The van der Waals surface area contributed by atoms with E-state index in [2.05, 4.69) is 11.5 Å². The van der Waals surface area contributed by atoms with Gasteiger partial charge in [0.2, 0.25) is 5.91 Å². The Morgan fingerprint density at radius 3 is 2.69 bits per heavy atom. The van der Waals surface area contributed by atoms with Crippen molar-refractivity contribution in [1.82, 2.24) is 9.80 Å². The molecule has 2 bridgehead atoms. The number of aromatic hydroxyl groups is 1. The number of carbonyl (C=O) groups is 1. The van der Waals surface area contributed by atoms with Crippen LogP contribution >= 0.6 is 0 Å². The number of hydrogen-bond acceptors (Lipinski definition) is 5. The molecule has 1 saturated heterocycles. The van der Waals surface area contributed by atoms with Gasteiger partial charge in [0, 0.05) is 30.8 Å². The van der Waals surface area contributed by atoms with E-state index in [0.717, 1.165) is 55.5 Å². The molecule has 5 atom stereocenters. The number of likely N-dealkylation sites (tertiary alicyclic amines) is 1. The molecule has 45 heavy (non-hydrogen) atoms. The summed E-state index contributed by atoms with van der Waals surface area (Å²) >= 11 is 0. The Morgan fingerprint density at radius 1 is 1.13 bits per heavy atom. The van der Waals surface area contributed by atoms with Crippen LogP contribution in [-0.2, 0) is 22.8 Å². The molecule has 2 aliphatic heterocycles. The number of carbonyl (C=O) groups excluding carboxylic acids is 1. The Kier molecular flexibility index (Phi) is 7.55. The van der Waals surface area contributed by atoms with Crippen LogP contribution in [-0.4, -0.2) is 69.3 Å². The van der Waals surface area contributed by atoms with E-state index in [1.165, 1.54) is 24.6 Å². The van der Waals surface area contributed by atoms with Gasteiger partial charge < -0.3 is 19.8 Å². The highest BCUT2D eigenvalue weighted by molar-refractivity contribution is 5.92. The van der Waals surface area contributed by atoms with Gasteiger partial charge in [-0.2, -0.15) is 13.2 Å². The van der Waals surface area contributed by atoms with Gasteiger partial charge in [0.15, 0.2) is 11.5 Å². The van der Waals surface area contributed by atoms with Crippen molar-refractivity contribution < 1.29 is 32.9 Å². The fourth-order valence-electron chi connectivity index (χ4n) is 9.43. The van der Waals surface area contributed by atoms with Gasteiger partial charge in [0.1, 0.15) is 6.10 Å². The fraction of sp³-hybridized carbons (Fsp3) is 0.528.